The standard InChI is InChI=1S/C22H22N4O3S/c1-23-22(29)18-8-4-10-26(18)20(27)13-24-21(28)15-12-17(19-9-5-11-30-19)25-16-7-3-2-6-14(15)16/h2-3,5-7,9,11-12,18H,4,8,10,13H2,1H3,(H,23,29)(H,24,28). The van der Waals surface area contributed by atoms with E-state index in [1.165, 1.54) is 0 Å². The maximum atomic E-state index is 13.0. The number of thiophene rings is 1. The van der Waals surface area contributed by atoms with E-state index >= 15 is 0 Å². The number of nitrogens with one attached hydrogen (secondary N) is 2. The predicted octanol–water partition coefficient (Wildman–Crippen LogP) is 2.43. The molecule has 0 radical (unpaired) electrons. The first-order valence-electron chi connectivity index (χ1n) is 9.81. The van der Waals surface area contributed by atoms with Gasteiger partial charge in [0.1, 0.15) is 6.04 Å². The van der Waals surface area contributed by atoms with Gasteiger partial charge in [0, 0.05) is 19.0 Å². The van der Waals surface area contributed by atoms with Crippen molar-refractivity contribution in [2.45, 2.75) is 18.9 Å². The zero-order valence-corrected chi connectivity index (χ0v) is 17.4. The molecule has 154 valence electrons. The SMILES string of the molecule is CNC(=O)C1CCCN1C(=O)CNC(=O)c1cc(-c2cccs2)nc2ccccc12. The summed E-state index contributed by atoms with van der Waals surface area (Å²) in [5, 5.41) is 8.02. The number of amides is 3. The van der Waals surface area contributed by atoms with Crippen molar-refractivity contribution in [2.24, 2.45) is 0 Å². The van der Waals surface area contributed by atoms with Gasteiger partial charge in [0.25, 0.3) is 5.91 Å². The van der Waals surface area contributed by atoms with Crippen molar-refractivity contribution >= 4 is 40.0 Å². The minimum Gasteiger partial charge on any atom is -0.357 e. The van der Waals surface area contributed by atoms with Crippen LogP contribution in [0.15, 0.2) is 47.8 Å². The molecule has 30 heavy (non-hydrogen) atoms. The molecule has 4 rings (SSSR count). The minimum atomic E-state index is -0.466. The van der Waals surface area contributed by atoms with Gasteiger partial charge in [-0.1, -0.05) is 24.3 Å². The Labute approximate surface area is 178 Å². The van der Waals surface area contributed by atoms with Crippen LogP contribution in [-0.4, -0.2) is 53.8 Å². The van der Waals surface area contributed by atoms with Crippen LogP contribution in [0, 0.1) is 0 Å². The summed E-state index contributed by atoms with van der Waals surface area (Å²) in [7, 11) is 1.56. The number of hydrogen-bond acceptors (Lipinski definition) is 5. The van der Waals surface area contributed by atoms with Crippen LogP contribution in [0.3, 0.4) is 0 Å². The Hall–Kier alpha value is -3.26. The van der Waals surface area contributed by atoms with Gasteiger partial charge in [-0.25, -0.2) is 4.98 Å². The molecule has 7 nitrogen and oxygen atoms in total. The molecular formula is C22H22N4O3S. The molecule has 0 spiro atoms. The zero-order chi connectivity index (χ0) is 21.1. The van der Waals surface area contributed by atoms with E-state index in [4.69, 9.17) is 0 Å². The van der Waals surface area contributed by atoms with Crippen molar-refractivity contribution in [3.8, 4) is 10.6 Å². The van der Waals surface area contributed by atoms with Crippen LogP contribution in [0.5, 0.6) is 0 Å². The van der Waals surface area contributed by atoms with E-state index < -0.39 is 6.04 Å². The summed E-state index contributed by atoms with van der Waals surface area (Å²) in [6.45, 7) is 0.366. The second-order valence-electron chi connectivity index (χ2n) is 7.09. The Bertz CT molecular complexity index is 1100. The van der Waals surface area contributed by atoms with Crippen molar-refractivity contribution in [3.63, 3.8) is 0 Å². The lowest BCUT2D eigenvalue weighted by atomic mass is 10.1. The van der Waals surface area contributed by atoms with E-state index in [2.05, 4.69) is 15.6 Å². The van der Waals surface area contributed by atoms with Crippen molar-refractivity contribution in [1.29, 1.82) is 0 Å². The molecule has 3 amide bonds. The molecule has 1 saturated heterocycles. The summed E-state index contributed by atoms with van der Waals surface area (Å²) in [5.41, 5.74) is 1.92. The average Bonchev–Trinajstić information content (AvgIpc) is 3.48. The third-order valence-electron chi connectivity index (χ3n) is 5.26. The molecule has 1 aliphatic heterocycles. The lowest BCUT2D eigenvalue weighted by molar-refractivity contribution is -0.137. The first-order valence-corrected chi connectivity index (χ1v) is 10.7. The Morgan fingerprint density at radius 3 is 2.80 bits per heavy atom. The monoisotopic (exact) mass is 422 g/mol. The van der Waals surface area contributed by atoms with Gasteiger partial charge < -0.3 is 15.5 Å². The van der Waals surface area contributed by atoms with Gasteiger partial charge in [0.05, 0.1) is 28.2 Å². The Kier molecular flexibility index (Phi) is 5.76. The van der Waals surface area contributed by atoms with Crippen LogP contribution < -0.4 is 10.6 Å². The zero-order valence-electron chi connectivity index (χ0n) is 16.6. The summed E-state index contributed by atoms with van der Waals surface area (Å²) in [4.78, 5) is 44.8. The maximum absolute atomic E-state index is 13.0. The topological polar surface area (TPSA) is 91.4 Å². The smallest absolute Gasteiger partial charge is 0.252 e. The number of pyridine rings is 1. The largest absolute Gasteiger partial charge is 0.357 e. The fourth-order valence-electron chi connectivity index (χ4n) is 3.77. The van der Waals surface area contributed by atoms with Crippen LogP contribution in [0.4, 0.5) is 0 Å². The molecule has 0 aliphatic carbocycles. The van der Waals surface area contributed by atoms with E-state index in [1.54, 1.807) is 29.4 Å². The highest BCUT2D eigenvalue weighted by molar-refractivity contribution is 7.13. The van der Waals surface area contributed by atoms with E-state index in [1.807, 2.05) is 41.8 Å². The quantitative estimate of drug-likeness (QED) is 0.661. The van der Waals surface area contributed by atoms with Crippen LogP contribution in [0.1, 0.15) is 23.2 Å². The van der Waals surface area contributed by atoms with Crippen LogP contribution in [0.2, 0.25) is 0 Å². The van der Waals surface area contributed by atoms with Gasteiger partial charge in [-0.15, -0.1) is 11.3 Å². The molecule has 1 fully saturated rings. The van der Waals surface area contributed by atoms with Gasteiger partial charge in [-0.3, -0.25) is 14.4 Å². The number of fused-ring (bicyclic) bond motifs is 1. The summed E-state index contributed by atoms with van der Waals surface area (Å²) in [6, 6.07) is 12.6. The van der Waals surface area contributed by atoms with Crippen molar-refractivity contribution in [2.75, 3.05) is 20.1 Å². The van der Waals surface area contributed by atoms with Crippen LogP contribution >= 0.6 is 11.3 Å². The second-order valence-corrected chi connectivity index (χ2v) is 8.04. The minimum absolute atomic E-state index is 0.155. The van der Waals surface area contributed by atoms with Crippen molar-refractivity contribution in [1.82, 2.24) is 20.5 Å². The van der Waals surface area contributed by atoms with Gasteiger partial charge in [-0.2, -0.15) is 0 Å². The highest BCUT2D eigenvalue weighted by Crippen LogP contribution is 2.28. The lowest BCUT2D eigenvalue weighted by Gasteiger charge is -2.23. The average molecular weight is 423 g/mol. The number of carbonyl (C=O) groups excluding carboxylic acids is 3. The van der Waals surface area contributed by atoms with E-state index in [9.17, 15) is 14.4 Å². The Morgan fingerprint density at radius 2 is 2.03 bits per heavy atom. The number of para-hydroxylation sites is 1. The number of benzene rings is 1. The van der Waals surface area contributed by atoms with Crippen LogP contribution in [0.25, 0.3) is 21.5 Å². The normalized spacial score (nSPS) is 15.9. The first kappa shape index (κ1) is 20.0. The molecule has 0 saturated carbocycles. The third-order valence-corrected chi connectivity index (χ3v) is 6.15. The third kappa shape index (κ3) is 3.91. The Balaban J connectivity index is 1.55. The van der Waals surface area contributed by atoms with Crippen LogP contribution in [-0.2, 0) is 9.59 Å². The highest BCUT2D eigenvalue weighted by atomic mass is 32.1. The molecule has 0 bridgehead atoms. The van der Waals surface area contributed by atoms with E-state index in [0.29, 0.717) is 18.5 Å². The van der Waals surface area contributed by atoms with E-state index in [-0.39, 0.29) is 24.3 Å². The first-order chi connectivity index (χ1) is 14.6. The lowest BCUT2D eigenvalue weighted by Crippen LogP contribution is -2.48. The maximum Gasteiger partial charge on any atom is 0.252 e. The van der Waals surface area contributed by atoms with Gasteiger partial charge in [-0.05, 0) is 36.4 Å². The van der Waals surface area contributed by atoms with Crippen molar-refractivity contribution in [3.05, 3.63) is 53.4 Å². The van der Waals surface area contributed by atoms with Gasteiger partial charge in [0.2, 0.25) is 11.8 Å². The molecule has 2 aromatic heterocycles. The summed E-state index contributed by atoms with van der Waals surface area (Å²) in [5.74, 6) is -0.769. The highest BCUT2D eigenvalue weighted by Gasteiger charge is 2.33. The summed E-state index contributed by atoms with van der Waals surface area (Å²) in [6.07, 6.45) is 1.41. The molecule has 1 atom stereocenters. The number of aromatic nitrogens is 1. The molecule has 3 aromatic rings. The number of nitrogens with zero attached hydrogens (tertiary/aromatic N) is 2. The molecule has 2 N–H and O–H groups in total. The molecule has 1 unspecified atom stereocenters. The second kappa shape index (κ2) is 8.62. The number of likely N-dealkylation sites (tertiary alicyclic amines) is 1. The molecule has 1 aromatic carbocycles. The number of rotatable bonds is 5. The van der Waals surface area contributed by atoms with E-state index in [0.717, 1.165) is 27.9 Å². The predicted molar refractivity (Wildman–Crippen MR) is 116 cm³/mol. The number of likely N-dealkylation sites (N-methyl/N-ethyl adjacent to an activating group) is 1. The summed E-state index contributed by atoms with van der Waals surface area (Å²) < 4.78 is 0. The fraction of sp³-hybridized carbons (Fsp3) is 0.273. The molecular weight excluding hydrogens is 400 g/mol. The molecule has 1 aliphatic rings. The molecule has 8 heteroatoms. The van der Waals surface area contributed by atoms with Gasteiger partial charge >= 0.3 is 0 Å². The van der Waals surface area contributed by atoms with Gasteiger partial charge in [0.15, 0.2) is 0 Å². The molecule has 3 heterocycles. The Morgan fingerprint density at radius 1 is 1.20 bits per heavy atom. The van der Waals surface area contributed by atoms with Crippen molar-refractivity contribution < 1.29 is 14.4 Å². The number of carbonyl (C=O) groups is 3. The fourth-order valence-corrected chi connectivity index (χ4v) is 4.46. The summed E-state index contributed by atoms with van der Waals surface area (Å²) >= 11 is 1.55. The number of hydrogen-bond donors (Lipinski definition) is 2.